The molecule has 1 fully saturated rings. The van der Waals surface area contributed by atoms with Gasteiger partial charge in [-0.25, -0.2) is 0 Å². The fraction of sp³-hybridized carbons (Fsp3) is 0.526. The quantitative estimate of drug-likeness (QED) is 0.190. The molecule has 1 saturated heterocycles. The van der Waals surface area contributed by atoms with Crippen molar-refractivity contribution in [1.82, 2.24) is 0 Å². The van der Waals surface area contributed by atoms with E-state index in [0.29, 0.717) is 5.75 Å². The van der Waals surface area contributed by atoms with Gasteiger partial charge in [-0.3, -0.25) is 14.4 Å². The van der Waals surface area contributed by atoms with Crippen molar-refractivity contribution in [3.63, 3.8) is 0 Å². The van der Waals surface area contributed by atoms with Gasteiger partial charge in [-0.1, -0.05) is 22.9 Å². The number of methoxy groups -OCH3 is 1. The van der Waals surface area contributed by atoms with Gasteiger partial charge in [0.15, 0.2) is 0 Å². The summed E-state index contributed by atoms with van der Waals surface area (Å²) in [4.78, 5) is 38.3. The van der Waals surface area contributed by atoms with Crippen molar-refractivity contribution in [1.29, 1.82) is 0 Å². The molecular weight excluding hydrogens is 430 g/mol. The number of carbonyl (C=O) groups is 3. The lowest BCUT2D eigenvalue weighted by molar-refractivity contribution is -0.201. The Morgan fingerprint density at radius 1 is 1.13 bits per heavy atom. The number of carbonyl (C=O) groups excluding carboxylic acids is 3. The first-order valence-electron chi connectivity index (χ1n) is 9.23. The Morgan fingerprint density at radius 3 is 2.39 bits per heavy atom. The third kappa shape index (κ3) is 7.06. The van der Waals surface area contributed by atoms with E-state index in [1.807, 2.05) is 0 Å². The Labute approximate surface area is 182 Å². The van der Waals surface area contributed by atoms with Crippen LogP contribution in [-0.4, -0.2) is 61.4 Å². The molecule has 168 valence electrons. The molecule has 0 saturated carbocycles. The van der Waals surface area contributed by atoms with E-state index in [9.17, 15) is 14.4 Å². The Bertz CT molecular complexity index is 860. The Balaban J connectivity index is 2.43. The minimum Gasteiger partial charge on any atom is -0.497 e. The first kappa shape index (κ1) is 24.3. The predicted molar refractivity (Wildman–Crippen MR) is 108 cm³/mol. The van der Waals surface area contributed by atoms with E-state index in [0.717, 1.165) is 4.90 Å². The number of rotatable bonds is 8. The topological polar surface area (TPSA) is 146 Å². The molecule has 5 atom stereocenters. The molecule has 0 radical (unpaired) electrons. The van der Waals surface area contributed by atoms with E-state index in [1.54, 1.807) is 24.3 Å². The monoisotopic (exact) mass is 453 g/mol. The van der Waals surface area contributed by atoms with Crippen LogP contribution in [0.2, 0.25) is 0 Å². The van der Waals surface area contributed by atoms with Gasteiger partial charge < -0.3 is 23.7 Å². The molecular formula is C19H23N3O8S. The molecule has 0 aliphatic carbocycles. The molecule has 1 aromatic rings. The van der Waals surface area contributed by atoms with Crippen LogP contribution in [0.1, 0.15) is 20.8 Å². The second-order valence-electron chi connectivity index (χ2n) is 6.49. The van der Waals surface area contributed by atoms with E-state index in [1.165, 1.54) is 39.6 Å². The predicted octanol–water partition coefficient (Wildman–Crippen LogP) is 2.62. The van der Waals surface area contributed by atoms with Crippen LogP contribution in [0.4, 0.5) is 0 Å². The van der Waals surface area contributed by atoms with Crippen molar-refractivity contribution < 1.29 is 38.1 Å². The summed E-state index contributed by atoms with van der Waals surface area (Å²) in [5.41, 5.74) is 8.24. The van der Waals surface area contributed by atoms with Crippen LogP contribution >= 0.6 is 11.8 Å². The lowest BCUT2D eigenvalue weighted by atomic mass is 9.97. The van der Waals surface area contributed by atoms with Crippen molar-refractivity contribution in [2.24, 2.45) is 5.11 Å². The Hall–Kier alpha value is -2.95. The van der Waals surface area contributed by atoms with E-state index < -0.39 is 47.7 Å². The lowest BCUT2D eigenvalue weighted by Gasteiger charge is -2.43. The van der Waals surface area contributed by atoms with E-state index in [2.05, 4.69) is 10.0 Å². The molecule has 0 bridgehead atoms. The summed E-state index contributed by atoms with van der Waals surface area (Å²) >= 11 is 1.19. The molecule has 1 aliphatic heterocycles. The average Bonchev–Trinajstić information content (AvgIpc) is 2.70. The van der Waals surface area contributed by atoms with Crippen molar-refractivity contribution in [2.45, 2.75) is 55.5 Å². The highest BCUT2D eigenvalue weighted by molar-refractivity contribution is 7.99. The SMILES string of the molecule is COc1cccc(S[C@H]2OC(COC(C)=O)[C@H](OC(C)=O)[C@H](N=[N+]=[N-])C2OC(C)=O)c1. The first-order chi connectivity index (χ1) is 14.7. The van der Waals surface area contributed by atoms with Gasteiger partial charge in [-0.2, -0.15) is 0 Å². The summed E-state index contributed by atoms with van der Waals surface area (Å²) in [6.45, 7) is 3.34. The number of hydrogen-bond acceptors (Lipinski definition) is 10. The molecule has 0 N–H and O–H groups in total. The number of benzene rings is 1. The summed E-state index contributed by atoms with van der Waals surface area (Å²) in [5.74, 6) is -1.27. The van der Waals surface area contributed by atoms with Crippen molar-refractivity contribution >= 4 is 29.7 Å². The summed E-state index contributed by atoms with van der Waals surface area (Å²) in [5, 5.41) is 3.72. The van der Waals surface area contributed by atoms with Gasteiger partial charge >= 0.3 is 17.9 Å². The first-order valence-corrected chi connectivity index (χ1v) is 10.1. The third-order valence-electron chi connectivity index (χ3n) is 4.15. The zero-order chi connectivity index (χ0) is 23.0. The average molecular weight is 453 g/mol. The summed E-state index contributed by atoms with van der Waals surface area (Å²) in [7, 11) is 1.53. The third-order valence-corrected chi connectivity index (χ3v) is 5.29. The van der Waals surface area contributed by atoms with E-state index in [-0.39, 0.29) is 6.61 Å². The van der Waals surface area contributed by atoms with Crippen LogP contribution in [0.5, 0.6) is 5.75 Å². The van der Waals surface area contributed by atoms with Crippen LogP contribution in [0, 0.1) is 0 Å². The lowest BCUT2D eigenvalue weighted by Crippen LogP contribution is -2.59. The fourth-order valence-electron chi connectivity index (χ4n) is 2.98. The van der Waals surface area contributed by atoms with Crippen molar-refractivity contribution in [2.75, 3.05) is 13.7 Å². The number of nitrogens with zero attached hydrogens (tertiary/aromatic N) is 3. The molecule has 0 aromatic heterocycles. The van der Waals surface area contributed by atoms with Crippen LogP contribution < -0.4 is 4.74 Å². The molecule has 0 spiro atoms. The Kier molecular flexibility index (Phi) is 8.98. The molecule has 0 amide bonds. The van der Waals surface area contributed by atoms with Crippen molar-refractivity contribution in [3.8, 4) is 5.75 Å². The standard InChI is InChI=1S/C19H23N3O8S/c1-10(23)27-9-15-17(28-11(2)24)16(21-22-20)18(29-12(3)25)19(30-15)31-14-7-5-6-13(8-14)26-4/h5-8,15-19H,9H2,1-4H3/t15?,16-,17-,18?,19+/m0/s1. The fourth-order valence-corrected chi connectivity index (χ4v) is 4.14. The van der Waals surface area contributed by atoms with Crippen LogP contribution in [0.3, 0.4) is 0 Å². The van der Waals surface area contributed by atoms with Gasteiger partial charge in [0.05, 0.1) is 7.11 Å². The normalized spacial score (nSPS) is 25.0. The van der Waals surface area contributed by atoms with Crippen LogP contribution in [-0.2, 0) is 33.3 Å². The number of hydrogen-bond donors (Lipinski definition) is 0. The summed E-state index contributed by atoms with van der Waals surface area (Å²) in [6, 6.07) is 5.96. The molecule has 1 aromatic carbocycles. The highest BCUT2D eigenvalue weighted by atomic mass is 32.2. The van der Waals surface area contributed by atoms with Gasteiger partial charge in [-0.05, 0) is 23.7 Å². The molecule has 2 rings (SSSR count). The maximum Gasteiger partial charge on any atom is 0.303 e. The summed E-state index contributed by atoms with van der Waals surface area (Å²) < 4.78 is 27.0. The molecule has 12 heteroatoms. The van der Waals surface area contributed by atoms with Crippen molar-refractivity contribution in [3.05, 3.63) is 34.7 Å². The highest BCUT2D eigenvalue weighted by Gasteiger charge is 2.50. The molecule has 1 heterocycles. The van der Waals surface area contributed by atoms with Gasteiger partial charge in [-0.15, -0.1) is 0 Å². The second kappa shape index (κ2) is 11.4. The maximum absolute atomic E-state index is 11.8. The largest absolute Gasteiger partial charge is 0.497 e. The number of thioether (sulfide) groups is 1. The Morgan fingerprint density at radius 2 is 1.81 bits per heavy atom. The van der Waals surface area contributed by atoms with E-state index in [4.69, 9.17) is 29.2 Å². The van der Waals surface area contributed by atoms with Gasteiger partial charge in [0.2, 0.25) is 0 Å². The summed E-state index contributed by atoms with van der Waals surface area (Å²) in [6.07, 6.45) is -3.18. The number of azide groups is 1. The zero-order valence-electron chi connectivity index (χ0n) is 17.4. The number of ether oxygens (including phenoxy) is 5. The van der Waals surface area contributed by atoms with Gasteiger partial charge in [0.25, 0.3) is 0 Å². The smallest absolute Gasteiger partial charge is 0.303 e. The molecule has 2 unspecified atom stereocenters. The maximum atomic E-state index is 11.8. The van der Waals surface area contributed by atoms with Gasteiger partial charge in [0.1, 0.15) is 42.1 Å². The van der Waals surface area contributed by atoms with Crippen LogP contribution in [0.15, 0.2) is 34.3 Å². The zero-order valence-corrected chi connectivity index (χ0v) is 18.2. The van der Waals surface area contributed by atoms with Gasteiger partial charge in [0, 0.05) is 30.6 Å². The molecule has 11 nitrogen and oxygen atoms in total. The highest BCUT2D eigenvalue weighted by Crippen LogP contribution is 2.38. The minimum absolute atomic E-state index is 0.257. The molecule has 1 aliphatic rings. The molecule has 31 heavy (non-hydrogen) atoms. The minimum atomic E-state index is -1.14. The van der Waals surface area contributed by atoms with E-state index >= 15 is 0 Å². The van der Waals surface area contributed by atoms with Crippen LogP contribution in [0.25, 0.3) is 10.4 Å². The number of esters is 3. The second-order valence-corrected chi connectivity index (χ2v) is 7.66.